The summed E-state index contributed by atoms with van der Waals surface area (Å²) in [7, 11) is 0. The third-order valence-corrected chi connectivity index (χ3v) is 5.67. The van der Waals surface area contributed by atoms with Crippen molar-refractivity contribution < 1.29 is 0 Å². The third kappa shape index (κ3) is 2.28. The van der Waals surface area contributed by atoms with E-state index < -0.39 is 0 Å². The number of fused-ring (bicyclic) bond motifs is 2. The summed E-state index contributed by atoms with van der Waals surface area (Å²) in [5.74, 6) is 0. The second kappa shape index (κ2) is 5.27. The number of hydrogen-bond acceptors (Lipinski definition) is 1. The van der Waals surface area contributed by atoms with Crippen LogP contribution < -0.4 is 0 Å². The molecular formula is C19H19NS. The number of hydrogen-bond donors (Lipinski definition) is 0. The summed E-state index contributed by atoms with van der Waals surface area (Å²) in [5.41, 5.74) is 4.40. The number of nitrogens with zero attached hydrogens (tertiary/aromatic N) is 1. The van der Waals surface area contributed by atoms with Gasteiger partial charge in [0.2, 0.25) is 0 Å². The highest BCUT2D eigenvalue weighted by molar-refractivity contribution is 8.00. The lowest BCUT2D eigenvalue weighted by Gasteiger charge is -2.13. The topological polar surface area (TPSA) is 4.93 Å². The Morgan fingerprint density at radius 3 is 2.86 bits per heavy atom. The predicted octanol–water partition coefficient (Wildman–Crippen LogP) is 4.92. The molecular weight excluding hydrogens is 274 g/mol. The lowest BCUT2D eigenvalue weighted by molar-refractivity contribution is 0.683. The smallest absolute Gasteiger partial charge is 0.0513 e. The Morgan fingerprint density at radius 2 is 2.00 bits per heavy atom. The van der Waals surface area contributed by atoms with Crippen molar-refractivity contribution >= 4 is 22.7 Å². The van der Waals surface area contributed by atoms with Crippen molar-refractivity contribution in [3.63, 3.8) is 0 Å². The quantitative estimate of drug-likeness (QED) is 0.663. The second-order valence-corrected chi connectivity index (χ2v) is 7.07. The minimum Gasteiger partial charge on any atom is -0.346 e. The lowest BCUT2D eigenvalue weighted by Crippen LogP contribution is -2.11. The van der Waals surface area contributed by atoms with Crippen LogP contribution in [0.3, 0.4) is 0 Å². The van der Waals surface area contributed by atoms with E-state index in [1.165, 1.54) is 33.3 Å². The summed E-state index contributed by atoms with van der Waals surface area (Å²) in [4.78, 5) is 1.47. The first-order valence-corrected chi connectivity index (χ1v) is 8.54. The molecule has 0 radical (unpaired) electrons. The molecule has 1 aliphatic rings. The van der Waals surface area contributed by atoms with Crippen molar-refractivity contribution in [2.45, 2.75) is 36.5 Å². The Hall–Kier alpha value is -1.67. The number of rotatable bonds is 3. The molecule has 0 saturated carbocycles. The molecule has 1 nitrogen and oxygen atoms in total. The maximum atomic E-state index is 2.46. The fraction of sp³-hybridized carbons (Fsp3) is 0.263. The highest BCUT2D eigenvalue weighted by atomic mass is 32.2. The molecule has 106 valence electrons. The van der Waals surface area contributed by atoms with Crippen LogP contribution >= 0.6 is 11.8 Å². The van der Waals surface area contributed by atoms with E-state index >= 15 is 0 Å². The Balaban J connectivity index is 1.64. The van der Waals surface area contributed by atoms with Crippen molar-refractivity contribution in [1.82, 2.24) is 4.57 Å². The molecule has 0 aliphatic carbocycles. The zero-order valence-electron chi connectivity index (χ0n) is 12.3. The maximum absolute atomic E-state index is 2.46. The first kappa shape index (κ1) is 13.0. The average Bonchev–Trinajstić information content (AvgIpc) is 3.11. The van der Waals surface area contributed by atoms with E-state index in [0.717, 1.165) is 13.0 Å². The minimum atomic E-state index is 0.655. The van der Waals surface area contributed by atoms with Crippen LogP contribution in [-0.2, 0) is 19.4 Å². The van der Waals surface area contributed by atoms with Crippen LogP contribution in [0.4, 0.5) is 0 Å². The summed E-state index contributed by atoms with van der Waals surface area (Å²) < 4.78 is 2.46. The molecule has 0 bridgehead atoms. The summed E-state index contributed by atoms with van der Waals surface area (Å²) in [6, 6.07) is 17.7. The van der Waals surface area contributed by atoms with Crippen LogP contribution in [0.1, 0.15) is 18.1 Å². The van der Waals surface area contributed by atoms with Gasteiger partial charge in [-0.25, -0.2) is 0 Å². The molecule has 1 unspecified atom stereocenters. The van der Waals surface area contributed by atoms with Gasteiger partial charge in [0, 0.05) is 22.9 Å². The van der Waals surface area contributed by atoms with E-state index in [4.69, 9.17) is 0 Å². The number of aromatic nitrogens is 1. The monoisotopic (exact) mass is 293 g/mol. The normalized spacial score (nSPS) is 17.3. The summed E-state index contributed by atoms with van der Waals surface area (Å²) >= 11 is 2.04. The van der Waals surface area contributed by atoms with Crippen molar-refractivity contribution in [2.75, 3.05) is 0 Å². The van der Waals surface area contributed by atoms with Crippen molar-refractivity contribution in [3.8, 4) is 0 Å². The molecule has 0 amide bonds. The van der Waals surface area contributed by atoms with Gasteiger partial charge in [0.15, 0.2) is 0 Å². The predicted molar refractivity (Wildman–Crippen MR) is 91.1 cm³/mol. The van der Waals surface area contributed by atoms with Gasteiger partial charge < -0.3 is 4.57 Å². The minimum absolute atomic E-state index is 0.655. The van der Waals surface area contributed by atoms with Crippen LogP contribution in [0.2, 0.25) is 0 Å². The Labute approximate surface area is 130 Å². The Morgan fingerprint density at radius 1 is 1.10 bits per heavy atom. The highest BCUT2D eigenvalue weighted by Crippen LogP contribution is 2.38. The molecule has 1 atom stereocenters. The molecule has 2 heterocycles. The van der Waals surface area contributed by atoms with Gasteiger partial charge in [0.25, 0.3) is 0 Å². The number of para-hydroxylation sites is 1. The summed E-state index contributed by atoms with van der Waals surface area (Å²) in [6.45, 7) is 3.34. The van der Waals surface area contributed by atoms with Crippen LogP contribution in [0.5, 0.6) is 0 Å². The number of aryl methyl sites for hydroxylation is 1. The average molecular weight is 293 g/mol. The molecule has 0 N–H and O–H groups in total. The summed E-state index contributed by atoms with van der Waals surface area (Å²) in [5, 5.41) is 2.03. The van der Waals surface area contributed by atoms with E-state index in [2.05, 4.69) is 66.2 Å². The molecule has 1 aromatic heterocycles. The van der Waals surface area contributed by atoms with Gasteiger partial charge in [-0.2, -0.15) is 0 Å². The van der Waals surface area contributed by atoms with Crippen LogP contribution in [0.15, 0.2) is 59.6 Å². The Kier molecular flexibility index (Phi) is 3.27. The molecule has 3 aromatic rings. The number of benzene rings is 2. The first-order valence-electron chi connectivity index (χ1n) is 7.66. The van der Waals surface area contributed by atoms with Crippen molar-refractivity contribution in [1.29, 1.82) is 0 Å². The first-order chi connectivity index (χ1) is 10.3. The van der Waals surface area contributed by atoms with Gasteiger partial charge in [-0.1, -0.05) is 43.3 Å². The molecule has 4 rings (SSSR count). The van der Waals surface area contributed by atoms with Crippen molar-refractivity contribution in [2.24, 2.45) is 0 Å². The highest BCUT2D eigenvalue weighted by Gasteiger charge is 2.22. The largest absolute Gasteiger partial charge is 0.346 e. The van der Waals surface area contributed by atoms with E-state index in [0.29, 0.717) is 5.25 Å². The van der Waals surface area contributed by atoms with Crippen LogP contribution in [0.25, 0.3) is 10.9 Å². The molecule has 21 heavy (non-hydrogen) atoms. The van der Waals surface area contributed by atoms with Crippen LogP contribution in [0, 0.1) is 0 Å². The van der Waals surface area contributed by atoms with E-state index in [1.807, 2.05) is 11.8 Å². The standard InChI is InChI=1S/C19H19NS/c1-2-14-7-5-8-15-10-11-20(19(14)15)13-17-12-16-6-3-4-9-18(16)21-17/h3-11,17H,2,12-13H2,1H3. The van der Waals surface area contributed by atoms with Gasteiger partial charge in [-0.3, -0.25) is 0 Å². The second-order valence-electron chi connectivity index (χ2n) is 5.73. The SMILES string of the molecule is CCc1cccc2ccn(CC3Cc4ccccc4S3)c12. The Bertz CT molecular complexity index is 762. The molecule has 0 fully saturated rings. The fourth-order valence-electron chi connectivity index (χ4n) is 3.35. The molecule has 2 aromatic carbocycles. The van der Waals surface area contributed by atoms with E-state index in [-0.39, 0.29) is 0 Å². The van der Waals surface area contributed by atoms with Gasteiger partial charge in [0.05, 0.1) is 5.52 Å². The molecule has 0 spiro atoms. The number of thioether (sulfide) groups is 1. The van der Waals surface area contributed by atoms with E-state index in [9.17, 15) is 0 Å². The van der Waals surface area contributed by atoms with Crippen molar-refractivity contribution in [3.05, 3.63) is 65.9 Å². The van der Waals surface area contributed by atoms with Gasteiger partial charge in [-0.05, 0) is 41.5 Å². The van der Waals surface area contributed by atoms with E-state index in [1.54, 1.807) is 0 Å². The zero-order valence-corrected chi connectivity index (χ0v) is 13.1. The van der Waals surface area contributed by atoms with Gasteiger partial charge in [-0.15, -0.1) is 11.8 Å². The summed E-state index contributed by atoms with van der Waals surface area (Å²) in [6.07, 6.45) is 4.54. The van der Waals surface area contributed by atoms with Gasteiger partial charge in [0.1, 0.15) is 0 Å². The molecule has 1 aliphatic heterocycles. The molecule has 2 heteroatoms. The lowest BCUT2D eigenvalue weighted by atomic mass is 10.1. The zero-order chi connectivity index (χ0) is 14.2. The fourth-order valence-corrected chi connectivity index (χ4v) is 4.67. The molecule has 0 saturated heterocycles. The third-order valence-electron chi connectivity index (χ3n) is 4.37. The van der Waals surface area contributed by atoms with Gasteiger partial charge >= 0.3 is 0 Å². The van der Waals surface area contributed by atoms with Crippen LogP contribution in [-0.4, -0.2) is 9.82 Å². The maximum Gasteiger partial charge on any atom is 0.0513 e.